The summed E-state index contributed by atoms with van der Waals surface area (Å²) in [5.74, 6) is -0.119. The molecule has 2 heterocycles. The van der Waals surface area contributed by atoms with E-state index in [2.05, 4.69) is 107 Å². The molecular weight excluding hydrogens is 614 g/mol. The van der Waals surface area contributed by atoms with Crippen molar-refractivity contribution >= 4 is 57.0 Å². The van der Waals surface area contributed by atoms with Crippen LogP contribution in [0, 0.1) is 5.92 Å². The summed E-state index contributed by atoms with van der Waals surface area (Å²) in [7, 11) is -0.954. The van der Waals surface area contributed by atoms with Crippen LogP contribution in [0.2, 0.25) is 5.04 Å². The Morgan fingerprint density at radius 3 is 2.35 bits per heavy atom. The number of carbonyl (C=O) groups excluding carboxylic acids is 1. The Morgan fingerprint density at radius 2 is 1.72 bits per heavy atom. The predicted octanol–water partition coefficient (Wildman–Crippen LogP) is 6.01. The molecule has 3 aromatic carbocycles. The SMILES string of the molecule is CC[C@@H](CCC(C)(C)[Si](O)(c1ccccc1)c1ccccc1)NC(=O)[C@@H]1C=C2c3cccc4[nH]c(Br)c(c34)C[C@H]2N(C)C1. The van der Waals surface area contributed by atoms with Crippen LogP contribution in [0.15, 0.2) is 89.5 Å². The van der Waals surface area contributed by atoms with Gasteiger partial charge in [-0.15, -0.1) is 0 Å². The van der Waals surface area contributed by atoms with Crippen LogP contribution >= 0.6 is 15.9 Å². The molecule has 1 amide bonds. The largest absolute Gasteiger partial charge is 0.424 e. The van der Waals surface area contributed by atoms with Crippen molar-refractivity contribution in [3.63, 3.8) is 0 Å². The summed E-state index contributed by atoms with van der Waals surface area (Å²) in [6.45, 7) is 7.24. The molecule has 0 unspecified atom stereocenters. The Balaban J connectivity index is 1.21. The van der Waals surface area contributed by atoms with E-state index in [0.717, 1.165) is 46.2 Å². The van der Waals surface area contributed by atoms with Crippen LogP contribution in [0.3, 0.4) is 0 Å². The van der Waals surface area contributed by atoms with Crippen molar-refractivity contribution < 1.29 is 9.59 Å². The molecule has 0 spiro atoms. The van der Waals surface area contributed by atoms with E-state index in [9.17, 15) is 9.59 Å². The van der Waals surface area contributed by atoms with Gasteiger partial charge >= 0.3 is 0 Å². The molecule has 0 radical (unpaired) electrons. The normalized spacial score (nSPS) is 19.5. The molecule has 0 bridgehead atoms. The van der Waals surface area contributed by atoms with E-state index in [-0.39, 0.29) is 28.9 Å². The molecular formula is C36H42BrN3O2Si. The number of rotatable bonds is 9. The fourth-order valence-electron chi connectivity index (χ4n) is 7.37. The van der Waals surface area contributed by atoms with Gasteiger partial charge in [-0.3, -0.25) is 9.69 Å². The van der Waals surface area contributed by atoms with Crippen molar-refractivity contribution in [1.29, 1.82) is 0 Å². The number of hydrogen-bond acceptors (Lipinski definition) is 3. The lowest BCUT2D eigenvalue weighted by atomic mass is 9.79. The van der Waals surface area contributed by atoms with Gasteiger partial charge in [-0.1, -0.05) is 99.6 Å². The van der Waals surface area contributed by atoms with E-state index in [1.165, 1.54) is 22.1 Å². The molecule has 3 N–H and O–H groups in total. The van der Waals surface area contributed by atoms with E-state index in [1.807, 2.05) is 36.4 Å². The lowest BCUT2D eigenvalue weighted by Gasteiger charge is -2.42. The molecule has 7 heteroatoms. The van der Waals surface area contributed by atoms with Gasteiger partial charge in [0.05, 0.1) is 10.5 Å². The number of nitrogens with one attached hydrogen (secondary N) is 2. The number of nitrogens with zero attached hydrogens (tertiary/aromatic N) is 1. The molecule has 0 saturated heterocycles. The Hall–Kier alpha value is -2.97. The zero-order valence-electron chi connectivity index (χ0n) is 25.5. The molecule has 6 rings (SSSR count). The molecule has 43 heavy (non-hydrogen) atoms. The topological polar surface area (TPSA) is 68.4 Å². The quantitative estimate of drug-likeness (QED) is 0.194. The number of carbonyl (C=O) groups is 1. The number of H-pyrrole nitrogens is 1. The van der Waals surface area contributed by atoms with Crippen LogP contribution in [-0.4, -0.2) is 54.6 Å². The number of likely N-dealkylation sites (N-methyl/N-ethyl adjacent to an activating group) is 1. The van der Waals surface area contributed by atoms with Crippen LogP contribution in [-0.2, 0) is 11.2 Å². The summed E-state index contributed by atoms with van der Waals surface area (Å²) >= 11 is 3.74. The maximum absolute atomic E-state index is 13.8. The average molecular weight is 657 g/mol. The molecule has 224 valence electrons. The second kappa shape index (κ2) is 11.8. The molecule has 0 saturated carbocycles. The van der Waals surface area contributed by atoms with Crippen LogP contribution in [0.25, 0.3) is 16.5 Å². The van der Waals surface area contributed by atoms with E-state index < -0.39 is 8.32 Å². The van der Waals surface area contributed by atoms with Gasteiger partial charge in [0.1, 0.15) is 0 Å². The standard InChI is InChI=1S/C36H42BrN3O2Si/c1-5-25(19-20-36(2,3)43(42,26-13-8-6-9-14-26)27-15-10-7-11-16-27)38-35(41)24-21-29-28-17-12-18-31-33(28)30(34(37)39-31)22-32(29)40(4)23-24/h6-18,21,24-25,32,39,42H,5,19-20,22-23H2,1-4H3,(H,38,41)/t24-,25+,32-/m1/s1. The maximum Gasteiger partial charge on any atom is 0.258 e. The van der Waals surface area contributed by atoms with Gasteiger partial charge in [0, 0.05) is 29.5 Å². The van der Waals surface area contributed by atoms with Crippen molar-refractivity contribution in [2.45, 2.75) is 63.6 Å². The van der Waals surface area contributed by atoms with Crippen molar-refractivity contribution in [3.05, 3.63) is 101 Å². The molecule has 3 atom stereocenters. The Kier molecular flexibility index (Phi) is 8.28. The molecule has 5 nitrogen and oxygen atoms in total. The first-order chi connectivity index (χ1) is 20.6. The monoisotopic (exact) mass is 655 g/mol. The lowest BCUT2D eigenvalue weighted by Crippen LogP contribution is -2.65. The molecule has 2 aliphatic rings. The summed E-state index contributed by atoms with van der Waals surface area (Å²) in [5.41, 5.74) is 4.95. The summed E-state index contributed by atoms with van der Waals surface area (Å²) in [6.07, 6.45) is 5.62. The molecule has 1 aliphatic carbocycles. The predicted molar refractivity (Wildman–Crippen MR) is 183 cm³/mol. The first kappa shape index (κ1) is 30.1. The first-order valence-corrected chi connectivity index (χ1v) is 18.2. The maximum atomic E-state index is 13.8. The van der Waals surface area contributed by atoms with Gasteiger partial charge < -0.3 is 15.1 Å². The Bertz CT molecular complexity index is 1610. The van der Waals surface area contributed by atoms with Gasteiger partial charge in [-0.05, 0) is 86.8 Å². The van der Waals surface area contributed by atoms with Crippen molar-refractivity contribution in [2.75, 3.05) is 13.6 Å². The van der Waals surface area contributed by atoms with Crippen molar-refractivity contribution in [2.24, 2.45) is 5.92 Å². The minimum Gasteiger partial charge on any atom is -0.424 e. The third-order valence-electron chi connectivity index (χ3n) is 10.00. The Labute approximate surface area is 264 Å². The minimum atomic E-state index is -3.09. The molecule has 0 fully saturated rings. The van der Waals surface area contributed by atoms with Crippen LogP contribution in [0.1, 0.15) is 51.2 Å². The number of halogens is 1. The van der Waals surface area contributed by atoms with Gasteiger partial charge in [0.2, 0.25) is 5.91 Å². The molecule has 1 aliphatic heterocycles. The van der Waals surface area contributed by atoms with E-state index in [4.69, 9.17) is 0 Å². The third-order valence-corrected chi connectivity index (χ3v) is 15.2. The summed E-state index contributed by atoms with van der Waals surface area (Å²) in [6, 6.07) is 27.1. The zero-order valence-corrected chi connectivity index (χ0v) is 28.1. The summed E-state index contributed by atoms with van der Waals surface area (Å²) in [4.78, 5) is 32.2. The highest BCUT2D eigenvalue weighted by atomic mass is 79.9. The highest BCUT2D eigenvalue weighted by Gasteiger charge is 2.49. The lowest BCUT2D eigenvalue weighted by molar-refractivity contribution is -0.125. The smallest absolute Gasteiger partial charge is 0.258 e. The molecule has 1 aromatic heterocycles. The second-order valence-electron chi connectivity index (χ2n) is 13.0. The van der Waals surface area contributed by atoms with Crippen LogP contribution < -0.4 is 15.7 Å². The van der Waals surface area contributed by atoms with Gasteiger partial charge in [0.15, 0.2) is 0 Å². The third kappa shape index (κ3) is 5.35. The van der Waals surface area contributed by atoms with Gasteiger partial charge in [0.25, 0.3) is 8.32 Å². The second-order valence-corrected chi connectivity index (χ2v) is 17.7. The minimum absolute atomic E-state index is 0.0417. The van der Waals surface area contributed by atoms with E-state index >= 15 is 0 Å². The average Bonchev–Trinajstić information content (AvgIpc) is 3.35. The van der Waals surface area contributed by atoms with Crippen molar-refractivity contribution in [1.82, 2.24) is 15.2 Å². The van der Waals surface area contributed by atoms with Crippen molar-refractivity contribution in [3.8, 4) is 0 Å². The van der Waals surface area contributed by atoms with Crippen LogP contribution in [0.4, 0.5) is 0 Å². The highest BCUT2D eigenvalue weighted by molar-refractivity contribution is 9.10. The number of hydrogen-bond donors (Lipinski definition) is 3. The summed E-state index contributed by atoms with van der Waals surface area (Å²) < 4.78 is 1.06. The zero-order chi connectivity index (χ0) is 30.4. The fourth-order valence-corrected chi connectivity index (χ4v) is 11.7. The van der Waals surface area contributed by atoms with Gasteiger partial charge in [-0.25, -0.2) is 0 Å². The number of aromatic nitrogens is 1. The summed E-state index contributed by atoms with van der Waals surface area (Å²) in [5, 5.41) is 6.38. The first-order valence-electron chi connectivity index (χ1n) is 15.5. The number of benzene rings is 3. The van der Waals surface area contributed by atoms with Gasteiger partial charge in [-0.2, -0.15) is 0 Å². The molecule has 4 aromatic rings. The number of aromatic amines is 1. The highest BCUT2D eigenvalue weighted by Crippen LogP contribution is 2.44. The van der Waals surface area contributed by atoms with E-state index in [0.29, 0.717) is 6.54 Å². The Morgan fingerprint density at radius 1 is 1.07 bits per heavy atom. The van der Waals surface area contributed by atoms with Crippen LogP contribution in [0.5, 0.6) is 0 Å². The number of amides is 1. The number of fused-ring (bicyclic) bond motifs is 2. The fraction of sp³-hybridized carbons (Fsp3) is 0.361. The van der Waals surface area contributed by atoms with E-state index in [1.54, 1.807) is 0 Å².